The van der Waals surface area contributed by atoms with Crippen molar-refractivity contribution in [3.63, 3.8) is 0 Å². The van der Waals surface area contributed by atoms with Gasteiger partial charge < -0.3 is 5.21 Å². The summed E-state index contributed by atoms with van der Waals surface area (Å²) >= 11 is 0. The van der Waals surface area contributed by atoms with Crippen LogP contribution in [0.4, 0.5) is 0 Å². The molecule has 0 aromatic carbocycles. The highest BCUT2D eigenvalue weighted by molar-refractivity contribution is 5.56. The zero-order valence-corrected chi connectivity index (χ0v) is 5.68. The van der Waals surface area contributed by atoms with E-state index in [4.69, 9.17) is 5.21 Å². The van der Waals surface area contributed by atoms with E-state index in [2.05, 4.69) is 25.9 Å². The lowest BCUT2D eigenvalue weighted by atomic mass is 9.93. The molecule has 0 amide bonds. The first kappa shape index (κ1) is 7.47. The number of hydrogen-bond donors (Lipinski definition) is 1. The van der Waals surface area contributed by atoms with Crippen LogP contribution in [-0.4, -0.2) is 11.4 Å². The topological polar surface area (TPSA) is 32.6 Å². The minimum absolute atomic E-state index is 0.242. The lowest BCUT2D eigenvalue weighted by Gasteiger charge is -2.12. The fourth-order valence-electron chi connectivity index (χ4n) is 0.315. The second-order valence-electron chi connectivity index (χ2n) is 3.06. The summed E-state index contributed by atoms with van der Waals surface area (Å²) in [6.45, 7) is 6.28. The molecule has 8 heavy (non-hydrogen) atoms. The summed E-state index contributed by atoms with van der Waals surface area (Å²) in [5.41, 5.74) is 0.242. The van der Waals surface area contributed by atoms with Gasteiger partial charge in [-0.25, -0.2) is 0 Å². The van der Waals surface area contributed by atoms with Crippen LogP contribution in [-0.2, 0) is 0 Å². The van der Waals surface area contributed by atoms with Gasteiger partial charge >= 0.3 is 0 Å². The summed E-state index contributed by atoms with van der Waals surface area (Å²) in [4.78, 5) is 0. The number of rotatable bonds is 1. The first-order valence-electron chi connectivity index (χ1n) is 2.72. The second kappa shape index (κ2) is 2.70. The lowest BCUT2D eigenvalue weighted by Crippen LogP contribution is -2.04. The Morgan fingerprint density at radius 2 is 2.00 bits per heavy atom. The Bertz CT molecular complexity index is 81.0. The monoisotopic (exact) mass is 115 g/mol. The highest BCUT2D eigenvalue weighted by atomic mass is 16.4. The van der Waals surface area contributed by atoms with Crippen LogP contribution in [0.5, 0.6) is 0 Å². The fraction of sp³-hybridized carbons (Fsp3) is 0.833. The normalized spacial score (nSPS) is 12.9. The molecular formula is C6H13NO. The van der Waals surface area contributed by atoms with Crippen LogP contribution in [0.15, 0.2) is 5.16 Å². The Kier molecular flexibility index (Phi) is 2.52. The Hall–Kier alpha value is -0.530. The van der Waals surface area contributed by atoms with Crippen molar-refractivity contribution < 1.29 is 5.21 Å². The summed E-state index contributed by atoms with van der Waals surface area (Å²) < 4.78 is 0. The second-order valence-corrected chi connectivity index (χ2v) is 3.06. The Morgan fingerprint density at radius 1 is 1.50 bits per heavy atom. The molecule has 0 aromatic rings. The maximum Gasteiger partial charge on any atom is 0.0441 e. The first-order chi connectivity index (χ1) is 3.56. The van der Waals surface area contributed by atoms with E-state index in [0.29, 0.717) is 0 Å². The Morgan fingerprint density at radius 3 is 2.12 bits per heavy atom. The molecule has 0 fully saturated rings. The van der Waals surface area contributed by atoms with Crippen molar-refractivity contribution in [2.75, 3.05) is 0 Å². The summed E-state index contributed by atoms with van der Waals surface area (Å²) in [6.07, 6.45) is 2.34. The third kappa shape index (κ3) is 5.47. The minimum Gasteiger partial charge on any atom is -0.411 e. The number of hydrogen-bond acceptors (Lipinski definition) is 2. The van der Waals surface area contributed by atoms with Crippen molar-refractivity contribution in [2.45, 2.75) is 27.2 Å². The van der Waals surface area contributed by atoms with E-state index in [0.717, 1.165) is 6.42 Å². The minimum atomic E-state index is 0.242. The average Bonchev–Trinajstić information content (AvgIpc) is 1.59. The fourth-order valence-corrected chi connectivity index (χ4v) is 0.315. The predicted molar refractivity (Wildman–Crippen MR) is 34.4 cm³/mol. The van der Waals surface area contributed by atoms with Crippen LogP contribution >= 0.6 is 0 Å². The van der Waals surface area contributed by atoms with Gasteiger partial charge in [-0.15, -0.1) is 5.16 Å². The molecule has 0 radical (unpaired) electrons. The van der Waals surface area contributed by atoms with Crippen LogP contribution < -0.4 is 0 Å². The van der Waals surface area contributed by atoms with Crippen molar-refractivity contribution in [2.24, 2.45) is 10.6 Å². The van der Waals surface area contributed by atoms with Crippen molar-refractivity contribution in [1.29, 1.82) is 0 Å². The SMILES string of the molecule is CC(C)(C)C/C=N\O. The molecule has 0 heterocycles. The summed E-state index contributed by atoms with van der Waals surface area (Å²) in [5, 5.41) is 10.9. The van der Waals surface area contributed by atoms with Crippen molar-refractivity contribution in [1.82, 2.24) is 0 Å². The molecule has 0 saturated carbocycles. The van der Waals surface area contributed by atoms with Gasteiger partial charge in [0.05, 0.1) is 0 Å². The quantitative estimate of drug-likeness (QED) is 0.316. The zero-order valence-electron chi connectivity index (χ0n) is 5.68. The molecule has 48 valence electrons. The maximum atomic E-state index is 8.00. The number of oxime groups is 1. The highest BCUT2D eigenvalue weighted by Gasteiger charge is 2.06. The zero-order chi connectivity index (χ0) is 6.62. The summed E-state index contributed by atoms with van der Waals surface area (Å²) in [6, 6.07) is 0. The van der Waals surface area contributed by atoms with Gasteiger partial charge in [0.25, 0.3) is 0 Å². The van der Waals surface area contributed by atoms with Gasteiger partial charge in [-0.05, 0) is 11.8 Å². The smallest absolute Gasteiger partial charge is 0.0441 e. The predicted octanol–water partition coefficient (Wildman–Crippen LogP) is 1.88. The standard InChI is InChI=1S/C6H13NO/c1-6(2,3)4-5-7-8/h5,8H,4H2,1-3H3/b7-5-. The number of nitrogens with zero attached hydrogens (tertiary/aromatic N) is 1. The third-order valence-corrected chi connectivity index (χ3v) is 0.785. The van der Waals surface area contributed by atoms with E-state index in [1.54, 1.807) is 0 Å². The molecule has 0 bridgehead atoms. The van der Waals surface area contributed by atoms with Crippen molar-refractivity contribution in [3.8, 4) is 0 Å². The molecule has 0 saturated heterocycles. The molecule has 0 spiro atoms. The molecule has 0 rings (SSSR count). The molecule has 0 aliphatic heterocycles. The van der Waals surface area contributed by atoms with Crippen LogP contribution in [0, 0.1) is 5.41 Å². The van der Waals surface area contributed by atoms with Crippen molar-refractivity contribution >= 4 is 6.21 Å². The third-order valence-electron chi connectivity index (χ3n) is 0.785. The molecule has 1 N–H and O–H groups in total. The van der Waals surface area contributed by atoms with Crippen molar-refractivity contribution in [3.05, 3.63) is 0 Å². The van der Waals surface area contributed by atoms with Crippen LogP contribution in [0.1, 0.15) is 27.2 Å². The lowest BCUT2D eigenvalue weighted by molar-refractivity contribution is 0.316. The molecule has 2 nitrogen and oxygen atoms in total. The van der Waals surface area contributed by atoms with Gasteiger partial charge in [-0.1, -0.05) is 20.8 Å². The van der Waals surface area contributed by atoms with Gasteiger partial charge in [0.1, 0.15) is 0 Å². The molecule has 2 heteroatoms. The molecule has 0 aromatic heterocycles. The average molecular weight is 115 g/mol. The van der Waals surface area contributed by atoms with Crippen LogP contribution in [0.25, 0.3) is 0 Å². The van der Waals surface area contributed by atoms with Crippen LogP contribution in [0.3, 0.4) is 0 Å². The molecular weight excluding hydrogens is 102 g/mol. The molecule has 0 aliphatic carbocycles. The van der Waals surface area contributed by atoms with E-state index >= 15 is 0 Å². The molecule has 0 aliphatic rings. The summed E-state index contributed by atoms with van der Waals surface area (Å²) in [7, 11) is 0. The van der Waals surface area contributed by atoms with E-state index < -0.39 is 0 Å². The first-order valence-corrected chi connectivity index (χ1v) is 2.72. The largest absolute Gasteiger partial charge is 0.411 e. The van der Waals surface area contributed by atoms with E-state index in [9.17, 15) is 0 Å². The van der Waals surface area contributed by atoms with Gasteiger partial charge in [0.15, 0.2) is 0 Å². The van der Waals surface area contributed by atoms with Crippen LogP contribution in [0.2, 0.25) is 0 Å². The summed E-state index contributed by atoms with van der Waals surface area (Å²) in [5.74, 6) is 0. The van der Waals surface area contributed by atoms with Gasteiger partial charge in [-0.2, -0.15) is 0 Å². The Balaban J connectivity index is 3.39. The molecule has 0 atom stereocenters. The maximum absolute atomic E-state index is 8.00. The van der Waals surface area contributed by atoms with Gasteiger partial charge in [0.2, 0.25) is 0 Å². The molecule has 0 unspecified atom stereocenters. The van der Waals surface area contributed by atoms with E-state index in [-0.39, 0.29) is 5.41 Å². The Labute approximate surface area is 50.2 Å². The van der Waals surface area contributed by atoms with Gasteiger partial charge in [-0.3, -0.25) is 0 Å². The van der Waals surface area contributed by atoms with E-state index in [1.807, 2.05) is 0 Å². The van der Waals surface area contributed by atoms with Gasteiger partial charge in [0, 0.05) is 6.21 Å². The van der Waals surface area contributed by atoms with E-state index in [1.165, 1.54) is 6.21 Å². The highest BCUT2D eigenvalue weighted by Crippen LogP contribution is 2.15.